The summed E-state index contributed by atoms with van der Waals surface area (Å²) in [6.45, 7) is 5.21. The van der Waals surface area contributed by atoms with Crippen molar-refractivity contribution in [3.63, 3.8) is 0 Å². The highest BCUT2D eigenvalue weighted by molar-refractivity contribution is 7.91. The van der Waals surface area contributed by atoms with E-state index in [9.17, 15) is 32.0 Å². The van der Waals surface area contributed by atoms with E-state index >= 15 is 0 Å². The van der Waals surface area contributed by atoms with Gasteiger partial charge < -0.3 is 25.6 Å². The smallest absolute Gasteiger partial charge is 0.315 e. The third-order valence-corrected chi connectivity index (χ3v) is 14.7. The maximum Gasteiger partial charge on any atom is 0.315 e. The first-order valence-electron chi connectivity index (χ1n) is 20.4. The van der Waals surface area contributed by atoms with Crippen molar-refractivity contribution in [2.75, 3.05) is 6.54 Å². The number of carbonyl (C=O) groups is 4. The van der Waals surface area contributed by atoms with Gasteiger partial charge in [0.05, 0.1) is 16.8 Å². The molecule has 15 heteroatoms. The van der Waals surface area contributed by atoms with Crippen LogP contribution in [0, 0.1) is 11.7 Å². The van der Waals surface area contributed by atoms with Gasteiger partial charge in [-0.25, -0.2) is 22.6 Å². The number of benzene rings is 2. The molecule has 58 heavy (non-hydrogen) atoms. The van der Waals surface area contributed by atoms with Crippen LogP contribution in [0.5, 0.6) is 5.75 Å². The molecule has 1 aromatic heterocycles. The topological polar surface area (TPSA) is 176 Å². The first-order valence-corrected chi connectivity index (χ1v) is 21.9. The van der Waals surface area contributed by atoms with Gasteiger partial charge in [-0.05, 0) is 90.3 Å². The molecule has 3 fully saturated rings. The monoisotopic (exact) mass is 814 g/mol. The summed E-state index contributed by atoms with van der Waals surface area (Å²) in [6, 6.07) is 11.0. The van der Waals surface area contributed by atoms with Crippen LogP contribution in [0.3, 0.4) is 0 Å². The molecule has 3 aromatic rings. The fourth-order valence-electron chi connectivity index (χ4n) is 8.77. The Labute approximate surface area is 338 Å². The number of nitrogens with zero attached hydrogens (tertiary/aromatic N) is 2. The van der Waals surface area contributed by atoms with Gasteiger partial charge in [0.15, 0.2) is 0 Å². The molecule has 3 aliphatic heterocycles. The average molecular weight is 815 g/mol. The van der Waals surface area contributed by atoms with Crippen molar-refractivity contribution < 1.29 is 36.7 Å². The van der Waals surface area contributed by atoms with Gasteiger partial charge in [0, 0.05) is 34.9 Å². The van der Waals surface area contributed by atoms with Crippen molar-refractivity contribution in [2.24, 2.45) is 5.92 Å². The molecule has 1 spiro atoms. The van der Waals surface area contributed by atoms with Crippen LogP contribution >= 0.6 is 0 Å². The number of urea groups is 1. The van der Waals surface area contributed by atoms with E-state index in [0.29, 0.717) is 62.0 Å². The summed E-state index contributed by atoms with van der Waals surface area (Å²) in [5.74, 6) is -2.34. The van der Waals surface area contributed by atoms with Crippen molar-refractivity contribution >= 4 is 44.7 Å². The summed E-state index contributed by atoms with van der Waals surface area (Å²) < 4.78 is 49.4. The highest BCUT2D eigenvalue weighted by Crippen LogP contribution is 2.50. The highest BCUT2D eigenvalue weighted by atomic mass is 32.2. The van der Waals surface area contributed by atoms with Crippen molar-refractivity contribution in [1.82, 2.24) is 30.6 Å². The van der Waals surface area contributed by atoms with E-state index in [-0.39, 0.29) is 25.4 Å². The summed E-state index contributed by atoms with van der Waals surface area (Å²) in [5.41, 5.74) is -0.0947. The van der Waals surface area contributed by atoms with Crippen LogP contribution in [0.1, 0.15) is 90.5 Å². The van der Waals surface area contributed by atoms with Gasteiger partial charge in [-0.3, -0.25) is 19.1 Å². The second-order valence-corrected chi connectivity index (χ2v) is 19.5. The Hall–Kier alpha value is -5.05. The van der Waals surface area contributed by atoms with E-state index in [4.69, 9.17) is 9.72 Å². The molecule has 0 radical (unpaired) electrons. The average Bonchev–Trinajstić information content (AvgIpc) is 4.07. The summed E-state index contributed by atoms with van der Waals surface area (Å²) in [6.07, 6.45) is 9.06. The molecule has 2 aromatic carbocycles. The zero-order chi connectivity index (χ0) is 41.0. The van der Waals surface area contributed by atoms with E-state index in [1.54, 1.807) is 19.1 Å². The number of hydrogen-bond acceptors (Lipinski definition) is 8. The third-order valence-electron chi connectivity index (χ3n) is 12.5. The van der Waals surface area contributed by atoms with Gasteiger partial charge in [-0.15, -0.1) is 0 Å². The predicted octanol–water partition coefficient (Wildman–Crippen LogP) is 5.18. The first kappa shape index (κ1) is 39.8. The number of nitrogens with one attached hydrogen (secondary N) is 4. The molecule has 0 bridgehead atoms. The van der Waals surface area contributed by atoms with E-state index in [2.05, 4.69) is 20.7 Å². The quantitative estimate of drug-likeness (QED) is 0.247. The number of hydrogen-bond donors (Lipinski definition) is 4. The van der Waals surface area contributed by atoms with Crippen LogP contribution in [0.15, 0.2) is 60.7 Å². The summed E-state index contributed by atoms with van der Waals surface area (Å²) in [4.78, 5) is 63.1. The van der Waals surface area contributed by atoms with Gasteiger partial charge in [0.25, 0.3) is 5.91 Å². The lowest BCUT2D eigenvalue weighted by atomic mass is 9.86. The molecule has 308 valence electrons. The van der Waals surface area contributed by atoms with Crippen molar-refractivity contribution in [2.45, 2.75) is 125 Å². The van der Waals surface area contributed by atoms with E-state index < -0.39 is 73.5 Å². The van der Waals surface area contributed by atoms with Crippen molar-refractivity contribution in [3.8, 4) is 17.0 Å². The third kappa shape index (κ3) is 7.53. The van der Waals surface area contributed by atoms with Crippen LogP contribution in [-0.4, -0.2) is 82.6 Å². The lowest BCUT2D eigenvalue weighted by molar-refractivity contribution is -0.141. The molecule has 4 N–H and O–H groups in total. The minimum Gasteiger partial charge on any atom is -0.483 e. The number of pyridine rings is 1. The molecule has 5 aliphatic rings. The van der Waals surface area contributed by atoms with Gasteiger partial charge in [-0.2, -0.15) is 0 Å². The summed E-state index contributed by atoms with van der Waals surface area (Å²) >= 11 is 0. The van der Waals surface area contributed by atoms with Crippen LogP contribution < -0.4 is 25.4 Å². The minimum absolute atomic E-state index is 0.0159. The second-order valence-electron chi connectivity index (χ2n) is 17.3. The number of para-hydroxylation sites is 1. The second kappa shape index (κ2) is 15.0. The van der Waals surface area contributed by atoms with Crippen LogP contribution in [0.25, 0.3) is 22.2 Å². The van der Waals surface area contributed by atoms with Gasteiger partial charge >= 0.3 is 6.03 Å². The zero-order valence-electron chi connectivity index (χ0n) is 33.1. The Morgan fingerprint density at radius 2 is 1.83 bits per heavy atom. The van der Waals surface area contributed by atoms with Crippen LogP contribution in [-0.2, 0) is 30.8 Å². The maximum atomic E-state index is 14.8. The fraction of sp³-hybridized carbons (Fsp3) is 0.512. The number of carbonyl (C=O) groups excluding carboxylic acids is 4. The van der Waals surface area contributed by atoms with E-state index in [0.717, 1.165) is 29.3 Å². The number of sulfonamides is 1. The number of rotatable bonds is 6. The number of fused-ring (bicyclic) bond motifs is 5. The number of amides is 5. The van der Waals surface area contributed by atoms with E-state index in [1.165, 1.54) is 17.0 Å². The SMILES string of the molecule is CC(C)NC(=O)N[C@H]1CCCCC/C=C\[C@H]2C[C@@]2(C(=O)NS(=O)(=O)C2(C)CC2)NC(=O)[C@@H]2C[C@]3(CCc4c(c(-c5cccc(F)c5)nc5ccccc45)O3)CN2C1=O. The van der Waals surface area contributed by atoms with Gasteiger partial charge in [0.2, 0.25) is 21.8 Å². The van der Waals surface area contributed by atoms with Crippen molar-refractivity contribution in [1.29, 1.82) is 0 Å². The number of aryl methyl sites for hydroxylation is 1. The Morgan fingerprint density at radius 3 is 2.59 bits per heavy atom. The van der Waals surface area contributed by atoms with Crippen LogP contribution in [0.4, 0.5) is 9.18 Å². The molecule has 8 rings (SSSR count). The largest absolute Gasteiger partial charge is 0.483 e. The fourth-order valence-corrected chi connectivity index (χ4v) is 10.1. The van der Waals surface area contributed by atoms with Gasteiger partial charge in [0.1, 0.15) is 40.5 Å². The maximum absolute atomic E-state index is 14.8. The molecule has 13 nitrogen and oxygen atoms in total. The molecule has 0 unspecified atom stereocenters. The van der Waals surface area contributed by atoms with E-state index in [1.807, 2.05) is 50.3 Å². The predicted molar refractivity (Wildman–Crippen MR) is 215 cm³/mol. The van der Waals surface area contributed by atoms with Gasteiger partial charge in [-0.1, -0.05) is 55.3 Å². The molecule has 4 heterocycles. The van der Waals surface area contributed by atoms with Crippen LogP contribution in [0.2, 0.25) is 0 Å². The Kier molecular flexibility index (Phi) is 10.3. The standard InChI is InChI=1S/C43H51FN6O7S/c1-26(2)45-40(54)47-33-17-8-6-4-5-7-13-28-23-43(28,39(53)49-58(55,56)41(3)20-21-41)48-37(51)34-24-42(25-50(34)38(33)52)19-18-31-30-15-9-10-16-32(30)46-35(36(31)57-42)27-12-11-14-29(44)22-27/h7,9-16,22,26,28,33-34H,4-6,8,17-21,23-25H2,1-3H3,(H,48,51)(H,49,53)(H2,45,47,54)/b13-7-/t28-,33-,34-,42+,43+/m0/s1. The molecule has 1 saturated heterocycles. The molecule has 2 aliphatic carbocycles. The zero-order valence-corrected chi connectivity index (χ0v) is 33.9. The Balaban J connectivity index is 1.17. The highest BCUT2D eigenvalue weighted by Gasteiger charge is 2.64. The number of aromatic nitrogens is 1. The molecular formula is C43H51FN6O7S. The summed E-state index contributed by atoms with van der Waals surface area (Å²) in [5, 5.41) is 9.49. The summed E-state index contributed by atoms with van der Waals surface area (Å²) in [7, 11) is -4.02. The number of ether oxygens (including phenoxy) is 1. The number of halogens is 1. The lowest BCUT2D eigenvalue weighted by Gasteiger charge is -2.37. The molecule has 5 amide bonds. The molecule has 5 atom stereocenters. The normalized spacial score (nSPS) is 28.5. The molecule has 2 saturated carbocycles. The lowest BCUT2D eigenvalue weighted by Crippen LogP contribution is -2.59. The first-order chi connectivity index (χ1) is 27.6. The van der Waals surface area contributed by atoms with Crippen molar-refractivity contribution in [3.05, 3.63) is 72.1 Å². The Bertz CT molecular complexity index is 2310. The minimum atomic E-state index is -4.02. The molecular weight excluding hydrogens is 764 g/mol. The number of allylic oxidation sites excluding steroid dienone is 1. The Morgan fingerprint density at radius 1 is 1.03 bits per heavy atom.